The van der Waals surface area contributed by atoms with Gasteiger partial charge in [-0.3, -0.25) is 9.78 Å². The van der Waals surface area contributed by atoms with Crippen LogP contribution in [0.2, 0.25) is 0 Å². The molecule has 1 aliphatic heterocycles. The van der Waals surface area contributed by atoms with Gasteiger partial charge in [0.25, 0.3) is 5.91 Å². The van der Waals surface area contributed by atoms with Gasteiger partial charge < -0.3 is 9.88 Å². The predicted octanol–water partition coefficient (Wildman–Crippen LogP) is 3.46. The van der Waals surface area contributed by atoms with Crippen molar-refractivity contribution in [1.29, 1.82) is 0 Å². The zero-order chi connectivity index (χ0) is 18.1. The summed E-state index contributed by atoms with van der Waals surface area (Å²) >= 11 is 0. The Labute approximate surface area is 152 Å². The van der Waals surface area contributed by atoms with Crippen molar-refractivity contribution in [3.63, 3.8) is 0 Å². The maximum atomic E-state index is 12.8. The third-order valence-electron chi connectivity index (χ3n) is 4.75. The summed E-state index contributed by atoms with van der Waals surface area (Å²) in [6.07, 6.45) is 6.87. The van der Waals surface area contributed by atoms with Crippen LogP contribution >= 0.6 is 0 Å². The Hall–Kier alpha value is -3.02. The number of benzene rings is 1. The SMILES string of the molecule is Cc1cccc(-c2cnc(C3CCCN3C(=O)c3cnc(C)cn3)[nH]2)c1. The molecule has 1 atom stereocenters. The highest BCUT2D eigenvalue weighted by atomic mass is 16.2. The number of aromatic nitrogens is 4. The highest BCUT2D eigenvalue weighted by Crippen LogP contribution is 2.32. The van der Waals surface area contributed by atoms with Crippen LogP contribution < -0.4 is 0 Å². The molecule has 0 spiro atoms. The number of aryl methyl sites for hydroxylation is 2. The second kappa shape index (κ2) is 6.71. The molecule has 1 aromatic carbocycles. The number of likely N-dealkylation sites (tertiary alicyclic amines) is 1. The first-order valence-electron chi connectivity index (χ1n) is 8.83. The van der Waals surface area contributed by atoms with Gasteiger partial charge in [0, 0.05) is 12.7 Å². The van der Waals surface area contributed by atoms with E-state index in [1.807, 2.05) is 24.1 Å². The average molecular weight is 347 g/mol. The van der Waals surface area contributed by atoms with Gasteiger partial charge in [-0.2, -0.15) is 0 Å². The van der Waals surface area contributed by atoms with E-state index >= 15 is 0 Å². The van der Waals surface area contributed by atoms with Crippen molar-refractivity contribution in [1.82, 2.24) is 24.8 Å². The summed E-state index contributed by atoms with van der Waals surface area (Å²) in [6.45, 7) is 4.63. The Morgan fingerprint density at radius 1 is 1.15 bits per heavy atom. The lowest BCUT2D eigenvalue weighted by Gasteiger charge is -2.22. The molecule has 0 aliphatic carbocycles. The number of hydrogen-bond donors (Lipinski definition) is 1. The van der Waals surface area contributed by atoms with Crippen LogP contribution in [0.5, 0.6) is 0 Å². The van der Waals surface area contributed by atoms with Crippen molar-refractivity contribution in [2.75, 3.05) is 6.54 Å². The molecule has 3 aromatic rings. The molecule has 132 valence electrons. The Morgan fingerprint density at radius 2 is 2.04 bits per heavy atom. The van der Waals surface area contributed by atoms with Crippen LogP contribution in [0.15, 0.2) is 42.9 Å². The molecule has 1 amide bonds. The lowest BCUT2D eigenvalue weighted by molar-refractivity contribution is 0.0724. The molecule has 26 heavy (non-hydrogen) atoms. The minimum absolute atomic E-state index is 0.0517. The lowest BCUT2D eigenvalue weighted by Crippen LogP contribution is -2.31. The van der Waals surface area contributed by atoms with E-state index < -0.39 is 0 Å². The molecule has 2 aromatic heterocycles. The Morgan fingerprint density at radius 3 is 2.81 bits per heavy atom. The molecule has 6 nitrogen and oxygen atoms in total. The van der Waals surface area contributed by atoms with E-state index in [4.69, 9.17) is 0 Å². The fraction of sp³-hybridized carbons (Fsp3) is 0.300. The molecule has 1 fully saturated rings. The van der Waals surface area contributed by atoms with Gasteiger partial charge in [0.05, 0.1) is 29.8 Å². The molecule has 0 bridgehead atoms. The number of rotatable bonds is 3. The summed E-state index contributed by atoms with van der Waals surface area (Å²) in [5.74, 6) is 0.737. The molecule has 4 rings (SSSR count). The normalized spacial score (nSPS) is 16.8. The van der Waals surface area contributed by atoms with Crippen molar-refractivity contribution in [3.05, 3.63) is 65.6 Å². The average Bonchev–Trinajstić information content (AvgIpc) is 3.31. The van der Waals surface area contributed by atoms with Gasteiger partial charge in [0.15, 0.2) is 0 Å². The number of hydrogen-bond acceptors (Lipinski definition) is 4. The van der Waals surface area contributed by atoms with E-state index in [0.717, 1.165) is 35.6 Å². The first-order chi connectivity index (χ1) is 12.6. The Balaban J connectivity index is 1.59. The predicted molar refractivity (Wildman–Crippen MR) is 98.5 cm³/mol. The van der Waals surface area contributed by atoms with Crippen LogP contribution in [0.3, 0.4) is 0 Å². The topological polar surface area (TPSA) is 74.8 Å². The van der Waals surface area contributed by atoms with Crippen LogP contribution in [0.1, 0.15) is 46.5 Å². The lowest BCUT2D eigenvalue weighted by atomic mass is 10.1. The number of amides is 1. The van der Waals surface area contributed by atoms with Crippen LogP contribution in [0.4, 0.5) is 0 Å². The Bertz CT molecular complexity index is 931. The molecule has 6 heteroatoms. The zero-order valence-corrected chi connectivity index (χ0v) is 14.9. The molecular weight excluding hydrogens is 326 g/mol. The molecule has 1 aliphatic rings. The summed E-state index contributed by atoms with van der Waals surface area (Å²) in [4.78, 5) is 31.1. The fourth-order valence-corrected chi connectivity index (χ4v) is 3.41. The van der Waals surface area contributed by atoms with Gasteiger partial charge in [-0.15, -0.1) is 0 Å². The first kappa shape index (κ1) is 16.4. The molecule has 1 N–H and O–H groups in total. The number of nitrogens with zero attached hydrogens (tertiary/aromatic N) is 4. The van der Waals surface area contributed by atoms with Crippen molar-refractivity contribution in [3.8, 4) is 11.3 Å². The number of carbonyl (C=O) groups is 1. The van der Waals surface area contributed by atoms with Crippen LogP contribution in [0, 0.1) is 13.8 Å². The largest absolute Gasteiger partial charge is 0.340 e. The quantitative estimate of drug-likeness (QED) is 0.787. The smallest absolute Gasteiger partial charge is 0.274 e. The number of aromatic amines is 1. The maximum absolute atomic E-state index is 12.8. The summed E-state index contributed by atoms with van der Waals surface area (Å²) in [5, 5.41) is 0. The number of imidazole rings is 1. The number of carbonyl (C=O) groups excluding carboxylic acids is 1. The second-order valence-corrected chi connectivity index (χ2v) is 6.75. The number of H-pyrrole nitrogens is 1. The van der Waals surface area contributed by atoms with Crippen LogP contribution in [-0.2, 0) is 0 Å². The van der Waals surface area contributed by atoms with Crippen molar-refractivity contribution in [2.24, 2.45) is 0 Å². The molecule has 1 saturated heterocycles. The third-order valence-corrected chi connectivity index (χ3v) is 4.75. The van der Waals surface area contributed by atoms with Gasteiger partial charge in [-0.25, -0.2) is 9.97 Å². The van der Waals surface area contributed by atoms with Crippen molar-refractivity contribution >= 4 is 5.91 Å². The maximum Gasteiger partial charge on any atom is 0.274 e. The third kappa shape index (κ3) is 3.10. The van der Waals surface area contributed by atoms with Gasteiger partial charge in [0.1, 0.15) is 11.5 Å². The molecule has 1 unspecified atom stereocenters. The van der Waals surface area contributed by atoms with E-state index in [-0.39, 0.29) is 11.9 Å². The molecule has 3 heterocycles. The second-order valence-electron chi connectivity index (χ2n) is 6.75. The van der Waals surface area contributed by atoms with Crippen LogP contribution in [-0.4, -0.2) is 37.3 Å². The van der Waals surface area contributed by atoms with E-state index in [9.17, 15) is 4.79 Å². The standard InChI is InChI=1S/C20H21N5O/c1-13-5-3-6-15(9-13)16-11-23-19(24-16)18-7-4-8-25(18)20(26)17-12-21-14(2)10-22-17/h3,5-6,9-12,18H,4,7-8H2,1-2H3,(H,23,24). The number of nitrogens with one attached hydrogen (secondary N) is 1. The highest BCUT2D eigenvalue weighted by molar-refractivity contribution is 5.92. The van der Waals surface area contributed by atoms with Crippen molar-refractivity contribution in [2.45, 2.75) is 32.7 Å². The van der Waals surface area contributed by atoms with E-state index in [2.05, 4.69) is 45.1 Å². The summed E-state index contributed by atoms with van der Waals surface area (Å²) in [6, 6.07) is 8.23. The fourth-order valence-electron chi connectivity index (χ4n) is 3.41. The van der Waals surface area contributed by atoms with E-state index in [1.54, 1.807) is 12.4 Å². The molecule has 0 radical (unpaired) electrons. The zero-order valence-electron chi connectivity index (χ0n) is 14.9. The molecule has 0 saturated carbocycles. The first-order valence-corrected chi connectivity index (χ1v) is 8.83. The van der Waals surface area contributed by atoms with Gasteiger partial charge in [0.2, 0.25) is 0 Å². The summed E-state index contributed by atoms with van der Waals surface area (Å²) < 4.78 is 0. The summed E-state index contributed by atoms with van der Waals surface area (Å²) in [7, 11) is 0. The highest BCUT2D eigenvalue weighted by Gasteiger charge is 2.33. The summed E-state index contributed by atoms with van der Waals surface area (Å²) in [5.41, 5.74) is 4.46. The van der Waals surface area contributed by atoms with E-state index in [0.29, 0.717) is 12.2 Å². The minimum atomic E-state index is -0.0893. The monoisotopic (exact) mass is 347 g/mol. The van der Waals surface area contributed by atoms with Gasteiger partial charge in [-0.1, -0.05) is 23.8 Å². The van der Waals surface area contributed by atoms with Gasteiger partial charge >= 0.3 is 0 Å². The van der Waals surface area contributed by atoms with Crippen LogP contribution in [0.25, 0.3) is 11.3 Å². The molecular formula is C20H21N5O. The van der Waals surface area contributed by atoms with E-state index in [1.165, 1.54) is 5.56 Å². The Kier molecular flexibility index (Phi) is 4.24. The van der Waals surface area contributed by atoms with Gasteiger partial charge in [-0.05, 0) is 38.3 Å². The van der Waals surface area contributed by atoms with Crippen molar-refractivity contribution < 1.29 is 4.79 Å². The minimum Gasteiger partial charge on any atom is -0.340 e.